The smallest absolute Gasteiger partial charge is 0.322 e. The number of carboxylic acid groups (broad SMARTS) is 4. The predicted octanol–water partition coefficient (Wildman–Crippen LogP) is 0.683. The van der Waals surface area contributed by atoms with Gasteiger partial charge in [0.2, 0.25) is 35.7 Å². The fourth-order valence-electron chi connectivity index (χ4n) is 3.59. The first-order valence-electron chi connectivity index (χ1n) is 12.5. The minimum Gasteiger partial charge on any atom is -0.480 e. The summed E-state index contributed by atoms with van der Waals surface area (Å²) in [4.78, 5) is 68.8. The first kappa shape index (κ1) is 30.4. The van der Waals surface area contributed by atoms with Crippen molar-refractivity contribution in [1.29, 1.82) is 0 Å². The molecule has 0 atom stereocenters. The van der Waals surface area contributed by atoms with E-state index in [-0.39, 0.29) is 35.7 Å². The van der Waals surface area contributed by atoms with Crippen molar-refractivity contribution in [2.75, 3.05) is 58.1 Å². The van der Waals surface area contributed by atoms with E-state index in [1.807, 2.05) is 12.1 Å². The molecule has 0 unspecified atom stereocenters. The molecule has 0 amide bonds. The molecule has 0 bridgehead atoms. The molecule has 2 aromatic heterocycles. The van der Waals surface area contributed by atoms with E-state index in [1.54, 1.807) is 24.3 Å². The lowest BCUT2D eigenvalue weighted by Crippen LogP contribution is -2.19. The van der Waals surface area contributed by atoms with Crippen molar-refractivity contribution in [1.82, 2.24) is 29.9 Å². The van der Waals surface area contributed by atoms with Gasteiger partial charge >= 0.3 is 23.9 Å². The van der Waals surface area contributed by atoms with E-state index in [0.29, 0.717) is 16.8 Å². The van der Waals surface area contributed by atoms with Crippen LogP contribution in [-0.2, 0) is 19.2 Å². The monoisotopic (exact) mass is 608 g/mol. The number of hydrogen-bond donors (Lipinski definition) is 10. The Bertz CT molecular complexity index is 1530. The summed E-state index contributed by atoms with van der Waals surface area (Å²) >= 11 is 0. The second-order valence-corrected chi connectivity index (χ2v) is 8.56. The lowest BCUT2D eigenvalue weighted by atomic mass is 10.1. The van der Waals surface area contributed by atoms with Gasteiger partial charge in [-0.05, 0) is 17.5 Å². The molecule has 0 fully saturated rings. The molecular formula is C24H24N12O8. The van der Waals surface area contributed by atoms with Crippen LogP contribution in [-0.4, -0.2) is 100 Å². The number of anilines is 8. The Morgan fingerprint density at radius 3 is 1.07 bits per heavy atom. The third-order valence-electron chi connectivity index (χ3n) is 5.26. The maximum absolute atomic E-state index is 11.0. The number of carboxylic acids is 4. The highest BCUT2D eigenvalue weighted by molar-refractivity contribution is 6.04. The zero-order valence-corrected chi connectivity index (χ0v) is 22.4. The highest BCUT2D eigenvalue weighted by Crippen LogP contribution is 2.33. The van der Waals surface area contributed by atoms with Crippen LogP contribution in [0, 0.1) is 0 Å². The van der Waals surface area contributed by atoms with Crippen LogP contribution in [0.2, 0.25) is 0 Å². The van der Waals surface area contributed by atoms with E-state index < -0.39 is 50.1 Å². The van der Waals surface area contributed by atoms with E-state index in [9.17, 15) is 19.2 Å². The Kier molecular flexibility index (Phi) is 9.55. The fraction of sp³-hybridized carbons (Fsp3) is 0.167. The van der Waals surface area contributed by atoms with Gasteiger partial charge < -0.3 is 52.3 Å². The van der Waals surface area contributed by atoms with Gasteiger partial charge in [-0.15, -0.1) is 0 Å². The summed E-state index contributed by atoms with van der Waals surface area (Å²) in [6.45, 7) is -2.04. The van der Waals surface area contributed by atoms with Crippen molar-refractivity contribution in [2.24, 2.45) is 0 Å². The van der Waals surface area contributed by atoms with Gasteiger partial charge in [-0.1, -0.05) is 24.3 Å². The number of nitrogens with zero attached hydrogens (tertiary/aromatic N) is 6. The Hall–Kier alpha value is -6.60. The van der Waals surface area contributed by atoms with Gasteiger partial charge in [-0.25, -0.2) is 0 Å². The lowest BCUT2D eigenvalue weighted by Gasteiger charge is -2.15. The second kappa shape index (κ2) is 13.8. The quantitative estimate of drug-likeness (QED) is 0.0836. The maximum Gasteiger partial charge on any atom is 0.322 e. The van der Waals surface area contributed by atoms with Crippen LogP contribution in [0.15, 0.2) is 36.4 Å². The minimum absolute atomic E-state index is 0.0523. The fourth-order valence-corrected chi connectivity index (χ4v) is 3.59. The van der Waals surface area contributed by atoms with Crippen LogP contribution in [0.5, 0.6) is 0 Å². The van der Waals surface area contributed by atoms with E-state index >= 15 is 0 Å². The number of nitrogens with one attached hydrogen (secondary N) is 6. The molecule has 20 heteroatoms. The first-order valence-corrected chi connectivity index (χ1v) is 12.5. The van der Waals surface area contributed by atoms with Gasteiger partial charge in [0.05, 0.1) is 11.4 Å². The SMILES string of the molecule is O=C(O)CNc1nc(NCC(=O)O)nc(Nc2cccc3cccc(Nc4nc(NCC(=O)O)nc(NCC(=O)O)n4)c23)n1. The molecule has 0 aliphatic rings. The van der Waals surface area contributed by atoms with E-state index in [4.69, 9.17) is 20.4 Å². The molecule has 0 radical (unpaired) electrons. The third kappa shape index (κ3) is 8.70. The van der Waals surface area contributed by atoms with Crippen LogP contribution in [0.3, 0.4) is 0 Å². The zero-order chi connectivity index (χ0) is 31.6. The van der Waals surface area contributed by atoms with Crippen molar-refractivity contribution in [3.8, 4) is 0 Å². The van der Waals surface area contributed by atoms with Gasteiger partial charge in [0, 0.05) is 5.39 Å². The molecule has 10 N–H and O–H groups in total. The number of fused-ring (bicyclic) bond motifs is 1. The van der Waals surface area contributed by atoms with Crippen LogP contribution in [0.4, 0.5) is 47.1 Å². The molecule has 4 rings (SSSR count). The normalized spacial score (nSPS) is 10.5. The van der Waals surface area contributed by atoms with Gasteiger partial charge in [-0.2, -0.15) is 29.9 Å². The molecule has 0 saturated heterocycles. The summed E-state index contributed by atoms with van der Waals surface area (Å²) in [5, 5.41) is 53.5. The lowest BCUT2D eigenvalue weighted by molar-refractivity contribution is -0.136. The predicted molar refractivity (Wildman–Crippen MR) is 155 cm³/mol. The standard InChI is InChI=1S/C24H24N12O8/c37-14(38)7-25-19-31-20(26-8-15(39)40)34-23(33-19)29-12-5-1-3-11-4-2-6-13(18(11)12)30-24-35-21(27-9-16(41)42)32-22(36-24)28-10-17(43)44/h1-6H,7-10H2,(H,37,38)(H,39,40)(H,41,42)(H,43,44)(H3,25,26,29,31,33,34)(H3,27,28,30,32,35,36). The van der Waals surface area contributed by atoms with Crippen molar-refractivity contribution in [2.45, 2.75) is 0 Å². The van der Waals surface area contributed by atoms with Crippen molar-refractivity contribution in [3.63, 3.8) is 0 Å². The molecule has 0 saturated carbocycles. The van der Waals surface area contributed by atoms with Crippen LogP contribution in [0.1, 0.15) is 0 Å². The van der Waals surface area contributed by atoms with Gasteiger partial charge in [-0.3, -0.25) is 19.2 Å². The summed E-state index contributed by atoms with van der Waals surface area (Å²) < 4.78 is 0. The molecule has 228 valence electrons. The number of rotatable bonds is 16. The topological polar surface area (TPSA) is 299 Å². The van der Waals surface area contributed by atoms with Crippen LogP contribution < -0.4 is 31.9 Å². The number of carbonyl (C=O) groups is 4. The summed E-state index contributed by atoms with van der Waals surface area (Å²) in [5.74, 6) is -5.35. The molecule has 20 nitrogen and oxygen atoms in total. The molecule has 0 spiro atoms. The van der Waals surface area contributed by atoms with E-state index in [2.05, 4.69) is 61.8 Å². The Labute approximate surface area is 246 Å². The van der Waals surface area contributed by atoms with Crippen molar-refractivity contribution < 1.29 is 39.6 Å². The average Bonchev–Trinajstić information content (AvgIpc) is 2.97. The molecule has 0 aliphatic heterocycles. The van der Waals surface area contributed by atoms with Crippen LogP contribution >= 0.6 is 0 Å². The molecule has 0 aliphatic carbocycles. The summed E-state index contributed by atoms with van der Waals surface area (Å²) in [6, 6.07) is 10.5. The molecule has 2 heterocycles. The Morgan fingerprint density at radius 2 is 0.773 bits per heavy atom. The van der Waals surface area contributed by atoms with Crippen LogP contribution in [0.25, 0.3) is 10.8 Å². The van der Waals surface area contributed by atoms with Gasteiger partial charge in [0.1, 0.15) is 26.2 Å². The minimum atomic E-state index is -1.18. The summed E-state index contributed by atoms with van der Waals surface area (Å²) in [6.07, 6.45) is 0. The molecular weight excluding hydrogens is 584 g/mol. The average molecular weight is 609 g/mol. The summed E-state index contributed by atoms with van der Waals surface area (Å²) in [5.41, 5.74) is 0.903. The molecule has 2 aromatic carbocycles. The first-order chi connectivity index (χ1) is 21.0. The summed E-state index contributed by atoms with van der Waals surface area (Å²) in [7, 11) is 0. The maximum atomic E-state index is 11.0. The number of benzene rings is 2. The zero-order valence-electron chi connectivity index (χ0n) is 22.4. The number of aliphatic carboxylic acids is 4. The van der Waals surface area contributed by atoms with E-state index in [0.717, 1.165) is 5.39 Å². The molecule has 4 aromatic rings. The highest BCUT2D eigenvalue weighted by Gasteiger charge is 2.15. The van der Waals surface area contributed by atoms with E-state index in [1.165, 1.54) is 0 Å². The number of aromatic nitrogens is 6. The Balaban J connectivity index is 1.71. The highest BCUT2D eigenvalue weighted by atomic mass is 16.4. The van der Waals surface area contributed by atoms with Crippen molar-refractivity contribution in [3.05, 3.63) is 36.4 Å². The number of hydrogen-bond acceptors (Lipinski definition) is 16. The third-order valence-corrected chi connectivity index (χ3v) is 5.26. The van der Waals surface area contributed by atoms with Crippen molar-refractivity contribution >= 4 is 81.7 Å². The largest absolute Gasteiger partial charge is 0.480 e. The van der Waals surface area contributed by atoms with Gasteiger partial charge in [0.25, 0.3) is 0 Å². The Morgan fingerprint density at radius 1 is 0.477 bits per heavy atom. The van der Waals surface area contributed by atoms with Gasteiger partial charge in [0.15, 0.2) is 0 Å². The molecule has 44 heavy (non-hydrogen) atoms. The second-order valence-electron chi connectivity index (χ2n) is 8.56.